The van der Waals surface area contributed by atoms with Crippen LogP contribution >= 0.6 is 0 Å². The summed E-state index contributed by atoms with van der Waals surface area (Å²) in [6.07, 6.45) is 0. The predicted molar refractivity (Wildman–Crippen MR) is 200 cm³/mol. The van der Waals surface area contributed by atoms with E-state index in [2.05, 4.69) is 0 Å². The van der Waals surface area contributed by atoms with Crippen LogP contribution in [0.5, 0.6) is 0 Å². The van der Waals surface area contributed by atoms with Crippen molar-refractivity contribution in [3.05, 3.63) is 169 Å². The number of hydrogen-bond acceptors (Lipinski definition) is 1. The van der Waals surface area contributed by atoms with Gasteiger partial charge in [0.25, 0.3) is 0 Å². The van der Waals surface area contributed by atoms with E-state index in [9.17, 15) is 13.7 Å². The standard InChI is InChI=1S/C46H28O/c1-2-13-31-27-32(24-23-29(31)11-1)44-36-16-5-7-18-38(36)45(39-19-8-6-17-37(39)44)33-25-26-43-42(28-33)41-22-10-21-40(46(41)47-43)35-20-9-14-30-12-3-4-15-34(30)35/h1-28H/i1D,2D,3D,4D,5D,6D,7D,8D,9D,10D,11D,12D,13D,14D,15D,16D,17D,18D,19D,20D,21D,22D,23D,24D,25D,26D,27D,28D. The third kappa shape index (κ3) is 3.97. The Kier molecular flexibility index (Phi) is 2.31. The molecule has 0 amide bonds. The van der Waals surface area contributed by atoms with Crippen LogP contribution in [0.3, 0.4) is 0 Å². The van der Waals surface area contributed by atoms with Crippen molar-refractivity contribution in [1.29, 1.82) is 0 Å². The Balaban J connectivity index is 1.48. The third-order valence-corrected chi connectivity index (χ3v) is 7.75. The van der Waals surface area contributed by atoms with Gasteiger partial charge in [0.05, 0.1) is 38.4 Å². The highest BCUT2D eigenvalue weighted by Gasteiger charge is 2.19. The van der Waals surface area contributed by atoms with Gasteiger partial charge in [-0.1, -0.05) is 151 Å². The molecule has 218 valence electrons. The van der Waals surface area contributed by atoms with Crippen molar-refractivity contribution in [3.8, 4) is 33.4 Å². The Morgan fingerprint density at radius 2 is 0.851 bits per heavy atom. The molecule has 0 saturated heterocycles. The maximum atomic E-state index is 9.95. The fourth-order valence-corrected chi connectivity index (χ4v) is 5.75. The molecular formula is C46H28O. The number of hydrogen-bond donors (Lipinski definition) is 0. The maximum Gasteiger partial charge on any atom is 0.143 e. The molecular weight excluding hydrogens is 569 g/mol. The summed E-state index contributed by atoms with van der Waals surface area (Å²) in [5.41, 5.74) is -5.69. The fraction of sp³-hybridized carbons (Fsp3) is 0. The van der Waals surface area contributed by atoms with Crippen molar-refractivity contribution in [1.82, 2.24) is 0 Å². The highest BCUT2D eigenvalue weighted by molar-refractivity contribution is 6.22. The summed E-state index contributed by atoms with van der Waals surface area (Å²) in [4.78, 5) is 0. The average molecular weight is 625 g/mol. The number of rotatable bonds is 3. The quantitative estimate of drug-likeness (QED) is 0.178. The zero-order valence-corrected chi connectivity index (χ0v) is 23.4. The molecule has 10 rings (SSSR count). The zero-order valence-electron chi connectivity index (χ0n) is 51.4. The SMILES string of the molecule is [2H]c1c(-c2c3c([2H])c([2H])c([2H])c([2H])c3c(-c3c([2H])c([2H])c4c([2H])c([2H])c([2H])c([2H])c4c3[2H])c3c([2H])c([2H])c([2H])c([2H])c23)c([2H])c2c(oc3c(-c4c([2H])c([2H])c([2H])c5c([2H])c([2H])c([2H])c([2H])c45)c([2H])c([2H])c([2H])c32)c1[2H]. The molecule has 0 fully saturated rings. The van der Waals surface area contributed by atoms with Crippen molar-refractivity contribution in [2.24, 2.45) is 0 Å². The van der Waals surface area contributed by atoms with Crippen LogP contribution in [0.4, 0.5) is 0 Å². The van der Waals surface area contributed by atoms with E-state index in [1.807, 2.05) is 0 Å². The minimum absolute atomic E-state index is 0.557. The van der Waals surface area contributed by atoms with E-state index in [-0.39, 0.29) is 0 Å². The lowest BCUT2D eigenvalue weighted by Crippen LogP contribution is -1.91. The molecule has 0 aliphatic rings. The van der Waals surface area contributed by atoms with E-state index < -0.39 is 268 Å². The first-order valence-electron chi connectivity index (χ1n) is 27.9. The van der Waals surface area contributed by atoms with Crippen LogP contribution in [-0.4, -0.2) is 0 Å². The first kappa shape index (κ1) is 10.7. The second-order valence-electron chi connectivity index (χ2n) is 10.3. The van der Waals surface area contributed by atoms with Crippen molar-refractivity contribution < 1.29 is 42.8 Å². The average Bonchev–Trinajstić information content (AvgIpc) is 3.84. The summed E-state index contributed by atoms with van der Waals surface area (Å²) < 4.78 is 258. The maximum absolute atomic E-state index is 9.95. The van der Waals surface area contributed by atoms with Gasteiger partial charge >= 0.3 is 0 Å². The van der Waals surface area contributed by atoms with Gasteiger partial charge in [-0.3, -0.25) is 0 Å². The van der Waals surface area contributed by atoms with Gasteiger partial charge in [-0.2, -0.15) is 0 Å². The van der Waals surface area contributed by atoms with Gasteiger partial charge in [0.2, 0.25) is 0 Å². The molecule has 0 unspecified atom stereocenters. The van der Waals surface area contributed by atoms with Gasteiger partial charge in [0, 0.05) is 16.3 Å². The van der Waals surface area contributed by atoms with E-state index in [4.69, 9.17) is 29.1 Å². The first-order valence-corrected chi connectivity index (χ1v) is 13.9. The molecule has 9 aromatic carbocycles. The van der Waals surface area contributed by atoms with E-state index in [1.54, 1.807) is 0 Å². The molecule has 1 nitrogen and oxygen atoms in total. The second kappa shape index (κ2) is 10.2. The largest absolute Gasteiger partial charge is 0.455 e. The molecule has 0 aliphatic heterocycles. The minimum Gasteiger partial charge on any atom is -0.455 e. The van der Waals surface area contributed by atoms with E-state index in [0.717, 1.165) is 0 Å². The van der Waals surface area contributed by atoms with Gasteiger partial charge < -0.3 is 4.42 Å². The molecule has 1 heteroatoms. The van der Waals surface area contributed by atoms with Gasteiger partial charge in [-0.25, -0.2) is 0 Å². The molecule has 10 aromatic rings. The summed E-state index contributed by atoms with van der Waals surface area (Å²) in [6, 6.07) is -25.5. The van der Waals surface area contributed by atoms with E-state index in [1.165, 1.54) is 0 Å². The Morgan fingerprint density at radius 3 is 1.57 bits per heavy atom. The molecule has 0 aliphatic carbocycles. The van der Waals surface area contributed by atoms with Crippen LogP contribution in [0, 0.1) is 0 Å². The van der Waals surface area contributed by atoms with Crippen LogP contribution in [0.25, 0.3) is 98.4 Å². The van der Waals surface area contributed by atoms with Crippen LogP contribution < -0.4 is 0 Å². The van der Waals surface area contributed by atoms with Crippen molar-refractivity contribution >= 4 is 65.0 Å². The predicted octanol–water partition coefficient (Wildman–Crippen LogP) is 13.2. The normalized spacial score (nSPS) is 20.2. The third-order valence-electron chi connectivity index (χ3n) is 7.75. The van der Waals surface area contributed by atoms with Crippen molar-refractivity contribution in [2.45, 2.75) is 0 Å². The summed E-state index contributed by atoms with van der Waals surface area (Å²) in [7, 11) is 0. The lowest BCUT2D eigenvalue weighted by atomic mass is 9.85. The topological polar surface area (TPSA) is 13.1 Å². The molecule has 47 heavy (non-hydrogen) atoms. The highest BCUT2D eigenvalue weighted by atomic mass is 16.3. The smallest absolute Gasteiger partial charge is 0.143 e. The molecule has 0 spiro atoms. The first-order chi connectivity index (χ1) is 35.0. The highest BCUT2D eigenvalue weighted by Crippen LogP contribution is 2.46. The molecule has 0 atom stereocenters. The molecule has 1 heterocycles. The summed E-state index contributed by atoms with van der Waals surface area (Å²) in [5.74, 6) is 0. The lowest BCUT2D eigenvalue weighted by Gasteiger charge is -2.18. The molecule has 0 N–H and O–H groups in total. The summed E-state index contributed by atoms with van der Waals surface area (Å²) >= 11 is 0. The minimum atomic E-state index is -1.02. The van der Waals surface area contributed by atoms with Crippen LogP contribution in [0.15, 0.2) is 174 Å². The summed E-state index contributed by atoms with van der Waals surface area (Å²) in [5, 5.41) is -6.45. The van der Waals surface area contributed by atoms with Crippen LogP contribution in [0.2, 0.25) is 0 Å². The lowest BCUT2D eigenvalue weighted by molar-refractivity contribution is 0.670. The number of fused-ring (bicyclic) bond motifs is 7. The Morgan fingerprint density at radius 1 is 0.340 bits per heavy atom. The second-order valence-corrected chi connectivity index (χ2v) is 10.3. The van der Waals surface area contributed by atoms with E-state index >= 15 is 0 Å². The molecule has 0 saturated carbocycles. The van der Waals surface area contributed by atoms with Crippen LogP contribution in [-0.2, 0) is 0 Å². The van der Waals surface area contributed by atoms with Crippen LogP contribution in [0.1, 0.15) is 38.4 Å². The summed E-state index contributed by atoms with van der Waals surface area (Å²) in [6.45, 7) is 0. The number of para-hydroxylation sites is 1. The van der Waals surface area contributed by atoms with Crippen molar-refractivity contribution in [2.75, 3.05) is 0 Å². The number of benzene rings is 9. The Hall–Kier alpha value is -6.18. The Bertz CT molecular complexity index is 4350. The monoisotopic (exact) mass is 624 g/mol. The van der Waals surface area contributed by atoms with Gasteiger partial charge in [0.1, 0.15) is 11.2 Å². The zero-order chi connectivity index (χ0) is 55.3. The number of furan rings is 1. The molecule has 0 bridgehead atoms. The van der Waals surface area contributed by atoms with Gasteiger partial charge in [0.15, 0.2) is 0 Å². The van der Waals surface area contributed by atoms with Gasteiger partial charge in [-0.15, -0.1) is 0 Å². The Labute approximate surface area is 311 Å². The fourth-order valence-electron chi connectivity index (χ4n) is 5.75. The molecule has 1 aromatic heterocycles. The molecule has 0 radical (unpaired) electrons. The van der Waals surface area contributed by atoms with Crippen molar-refractivity contribution in [3.63, 3.8) is 0 Å². The van der Waals surface area contributed by atoms with E-state index in [0.29, 0.717) is 0 Å². The van der Waals surface area contributed by atoms with Gasteiger partial charge in [-0.05, 0) is 89.0 Å².